The molecule has 0 aliphatic carbocycles. The van der Waals surface area contributed by atoms with Gasteiger partial charge in [-0.1, -0.05) is 23.4 Å². The third-order valence-electron chi connectivity index (χ3n) is 8.17. The van der Waals surface area contributed by atoms with Gasteiger partial charge in [0.15, 0.2) is 5.16 Å². The number of hydrogen-bond acceptors (Lipinski definition) is 9. The highest BCUT2D eigenvalue weighted by molar-refractivity contribution is 7.99. The van der Waals surface area contributed by atoms with Crippen molar-refractivity contribution in [1.82, 2.24) is 24.3 Å². The second-order valence-corrected chi connectivity index (χ2v) is 12.6. The lowest BCUT2D eigenvalue weighted by Gasteiger charge is -2.35. The van der Waals surface area contributed by atoms with Gasteiger partial charge >= 0.3 is 0 Å². The quantitative estimate of drug-likeness (QED) is 0.215. The number of benzene rings is 2. The summed E-state index contributed by atoms with van der Waals surface area (Å²) < 4.78 is 8.46. The Morgan fingerprint density at radius 3 is 2.58 bits per heavy atom. The van der Waals surface area contributed by atoms with E-state index in [9.17, 15) is 5.26 Å². The van der Waals surface area contributed by atoms with Crippen LogP contribution in [0.2, 0.25) is 5.02 Å². The third-order valence-corrected chi connectivity index (χ3v) is 9.74. The van der Waals surface area contributed by atoms with E-state index >= 15 is 0 Å². The summed E-state index contributed by atoms with van der Waals surface area (Å²) in [6.07, 6.45) is 8.88. The molecule has 0 saturated carbocycles. The Morgan fingerprint density at radius 2 is 1.86 bits per heavy atom. The molecule has 6 rings (SSSR count). The highest BCUT2D eigenvalue weighted by Crippen LogP contribution is 2.40. The van der Waals surface area contributed by atoms with Gasteiger partial charge in [0.2, 0.25) is 0 Å². The maximum atomic E-state index is 10.0. The van der Waals surface area contributed by atoms with Gasteiger partial charge in [-0.25, -0.2) is 4.98 Å². The molecule has 2 saturated heterocycles. The van der Waals surface area contributed by atoms with Crippen molar-refractivity contribution < 1.29 is 4.74 Å². The summed E-state index contributed by atoms with van der Waals surface area (Å²) in [5.74, 6) is 0.832. The molecule has 0 unspecified atom stereocenters. The van der Waals surface area contributed by atoms with Crippen molar-refractivity contribution in [2.45, 2.75) is 29.3 Å². The minimum absolute atomic E-state index is 0.461. The SMILES string of the molecule is CN1CCN(c2cc3ncc(C#N)c(Nc4ccc(Sc5nccn5C)c(Cl)c4)c3cc2OCCCN2CCCC2)CC1. The van der Waals surface area contributed by atoms with Crippen molar-refractivity contribution in [3.63, 3.8) is 0 Å². The molecule has 2 aliphatic heterocycles. The molecule has 0 radical (unpaired) electrons. The number of likely N-dealkylation sites (N-methyl/N-ethyl adjacent to an activating group) is 1. The summed E-state index contributed by atoms with van der Waals surface area (Å²) in [6.45, 7) is 7.91. The second-order valence-electron chi connectivity index (χ2n) is 11.2. The standard InChI is InChI=1S/C32H37ClN8OS/c1-38-13-15-41(16-14-38)28-20-27-25(19-29(28)42-17-5-11-40-9-3-4-10-40)31(23(21-34)22-36-27)37-24-6-7-30(26(33)18-24)43-32-35-8-12-39(32)2/h6-8,12,18-20,22H,3-5,9-11,13-17H2,1-2H3,(H,36,37). The zero-order chi connectivity index (χ0) is 29.8. The predicted octanol–water partition coefficient (Wildman–Crippen LogP) is 6.00. The molecular formula is C32H37ClN8OS. The largest absolute Gasteiger partial charge is 0.491 e. The van der Waals surface area contributed by atoms with Gasteiger partial charge in [0, 0.05) is 74.3 Å². The van der Waals surface area contributed by atoms with Crippen LogP contribution in [-0.4, -0.2) is 83.8 Å². The number of ether oxygens (including phenoxy) is 1. The van der Waals surface area contributed by atoms with Crippen LogP contribution in [0.5, 0.6) is 5.75 Å². The maximum absolute atomic E-state index is 10.0. The van der Waals surface area contributed by atoms with Crippen LogP contribution in [0.3, 0.4) is 0 Å². The van der Waals surface area contributed by atoms with E-state index in [-0.39, 0.29) is 0 Å². The normalized spacial score (nSPS) is 16.1. The minimum Gasteiger partial charge on any atom is -0.491 e. The van der Waals surface area contributed by atoms with Gasteiger partial charge in [-0.2, -0.15) is 5.26 Å². The number of fused-ring (bicyclic) bond motifs is 1. The average Bonchev–Trinajstić information content (AvgIpc) is 3.68. The van der Waals surface area contributed by atoms with Crippen LogP contribution in [0.4, 0.5) is 17.1 Å². The lowest BCUT2D eigenvalue weighted by molar-refractivity contribution is 0.262. The Kier molecular flexibility index (Phi) is 9.24. The highest BCUT2D eigenvalue weighted by Gasteiger charge is 2.21. The molecular weight excluding hydrogens is 580 g/mol. The minimum atomic E-state index is 0.461. The summed E-state index contributed by atoms with van der Waals surface area (Å²) in [7, 11) is 4.12. The maximum Gasteiger partial charge on any atom is 0.172 e. The molecule has 11 heteroatoms. The smallest absolute Gasteiger partial charge is 0.172 e. The Bertz CT molecular complexity index is 1620. The van der Waals surface area contributed by atoms with Crippen LogP contribution >= 0.6 is 23.4 Å². The number of hydrogen-bond donors (Lipinski definition) is 1. The van der Waals surface area contributed by atoms with Gasteiger partial charge < -0.3 is 29.3 Å². The number of aromatic nitrogens is 3. The average molecular weight is 617 g/mol. The number of nitrogens with one attached hydrogen (secondary N) is 1. The van der Waals surface area contributed by atoms with Gasteiger partial charge in [-0.3, -0.25) is 4.98 Å². The number of nitrogens with zero attached hydrogens (tertiary/aromatic N) is 7. The molecule has 9 nitrogen and oxygen atoms in total. The molecule has 0 spiro atoms. The molecule has 0 bridgehead atoms. The lowest BCUT2D eigenvalue weighted by Crippen LogP contribution is -2.44. The molecule has 224 valence electrons. The number of imidazole rings is 1. The summed E-state index contributed by atoms with van der Waals surface area (Å²) >= 11 is 8.22. The molecule has 4 heterocycles. The van der Waals surface area contributed by atoms with Crippen LogP contribution < -0.4 is 15.0 Å². The van der Waals surface area contributed by atoms with E-state index in [1.807, 2.05) is 36.0 Å². The zero-order valence-corrected chi connectivity index (χ0v) is 26.3. The van der Waals surface area contributed by atoms with Gasteiger partial charge in [0.1, 0.15) is 11.8 Å². The molecule has 0 amide bonds. The van der Waals surface area contributed by atoms with E-state index in [1.54, 1.807) is 12.4 Å². The molecule has 2 fully saturated rings. The fourth-order valence-corrected chi connectivity index (χ4v) is 6.77. The zero-order valence-electron chi connectivity index (χ0n) is 24.7. The van der Waals surface area contributed by atoms with E-state index in [4.69, 9.17) is 21.3 Å². The number of aryl methyl sites for hydroxylation is 1. The topological polar surface area (TPSA) is 85.5 Å². The van der Waals surface area contributed by atoms with Crippen molar-refractivity contribution >= 4 is 51.3 Å². The van der Waals surface area contributed by atoms with Crippen LogP contribution in [0.25, 0.3) is 10.9 Å². The van der Waals surface area contributed by atoms with Crippen molar-refractivity contribution in [1.29, 1.82) is 5.26 Å². The van der Waals surface area contributed by atoms with Gasteiger partial charge in [-0.05, 0) is 69.7 Å². The predicted molar refractivity (Wildman–Crippen MR) is 174 cm³/mol. The van der Waals surface area contributed by atoms with Crippen LogP contribution in [-0.2, 0) is 7.05 Å². The molecule has 4 aromatic rings. The number of nitriles is 1. The first-order valence-electron chi connectivity index (χ1n) is 14.9. The Hall–Kier alpha value is -3.49. The molecule has 2 aliphatic rings. The van der Waals surface area contributed by atoms with Crippen molar-refractivity contribution in [2.75, 3.05) is 69.7 Å². The van der Waals surface area contributed by atoms with Crippen molar-refractivity contribution in [3.05, 3.63) is 59.5 Å². The Balaban J connectivity index is 1.30. The molecule has 1 N–H and O–H groups in total. The summed E-state index contributed by atoms with van der Waals surface area (Å²) in [5.41, 5.74) is 3.81. The summed E-state index contributed by atoms with van der Waals surface area (Å²) in [6, 6.07) is 12.3. The number of likely N-dealkylation sites (tertiary alicyclic amines) is 1. The Morgan fingerprint density at radius 1 is 1.05 bits per heavy atom. The third kappa shape index (κ3) is 6.86. The molecule has 2 aromatic carbocycles. The van der Waals surface area contributed by atoms with Crippen LogP contribution in [0.1, 0.15) is 24.8 Å². The van der Waals surface area contributed by atoms with E-state index in [0.717, 1.165) is 77.2 Å². The first-order chi connectivity index (χ1) is 21.0. The number of anilines is 3. The van der Waals surface area contributed by atoms with E-state index in [0.29, 0.717) is 22.9 Å². The van der Waals surface area contributed by atoms with E-state index < -0.39 is 0 Å². The fraction of sp³-hybridized carbons (Fsp3) is 0.406. The second kappa shape index (κ2) is 13.4. The van der Waals surface area contributed by atoms with E-state index in [1.165, 1.54) is 37.7 Å². The molecule has 0 atom stereocenters. The number of pyridine rings is 1. The van der Waals surface area contributed by atoms with Crippen molar-refractivity contribution in [2.24, 2.45) is 7.05 Å². The molecule has 2 aromatic heterocycles. The fourth-order valence-electron chi connectivity index (χ4n) is 5.67. The van der Waals surface area contributed by atoms with Gasteiger partial charge in [0.05, 0.1) is 34.1 Å². The van der Waals surface area contributed by atoms with Crippen LogP contribution in [0.15, 0.2) is 59.0 Å². The van der Waals surface area contributed by atoms with E-state index in [2.05, 4.69) is 50.3 Å². The summed E-state index contributed by atoms with van der Waals surface area (Å²) in [5, 5.41) is 15.8. The van der Waals surface area contributed by atoms with Crippen LogP contribution in [0, 0.1) is 11.3 Å². The monoisotopic (exact) mass is 616 g/mol. The number of piperazine rings is 1. The summed E-state index contributed by atoms with van der Waals surface area (Å²) in [4.78, 5) is 17.2. The first kappa shape index (κ1) is 29.6. The Labute approximate surface area is 262 Å². The number of halogens is 1. The first-order valence-corrected chi connectivity index (χ1v) is 16.0. The van der Waals surface area contributed by atoms with Gasteiger partial charge in [0.25, 0.3) is 0 Å². The lowest BCUT2D eigenvalue weighted by atomic mass is 10.1. The van der Waals surface area contributed by atoms with Gasteiger partial charge in [-0.15, -0.1) is 0 Å². The van der Waals surface area contributed by atoms with Crippen molar-refractivity contribution in [3.8, 4) is 11.8 Å². The number of rotatable bonds is 10. The molecule has 43 heavy (non-hydrogen) atoms. The highest BCUT2D eigenvalue weighted by atomic mass is 35.5.